The average Bonchev–Trinajstić information content (AvgIpc) is 2.38. The molecule has 1 atom stereocenters. The summed E-state index contributed by atoms with van der Waals surface area (Å²) in [7, 11) is -4.22. The zero-order valence-corrected chi connectivity index (χ0v) is 13.2. The van der Waals surface area contributed by atoms with Crippen molar-refractivity contribution < 1.29 is 17.4 Å². The predicted molar refractivity (Wildman–Crippen MR) is 82.3 cm³/mol. The minimum Gasteiger partial charge on any atom is -0.493 e. The van der Waals surface area contributed by atoms with E-state index in [1.807, 2.05) is 24.3 Å². The molecule has 2 N–H and O–H groups in total. The van der Waals surface area contributed by atoms with E-state index in [1.165, 1.54) is 0 Å². The molecule has 1 rings (SSSR count). The van der Waals surface area contributed by atoms with Crippen LogP contribution in [0.1, 0.15) is 5.56 Å². The average molecular weight is 319 g/mol. The van der Waals surface area contributed by atoms with Gasteiger partial charge in [-0.05, 0) is 30.7 Å². The van der Waals surface area contributed by atoms with Crippen molar-refractivity contribution in [1.29, 1.82) is 0 Å². The number of benzene rings is 1. The van der Waals surface area contributed by atoms with Gasteiger partial charge in [0.1, 0.15) is 15.6 Å². The molecule has 0 amide bonds. The number of rotatable bonds is 9. The van der Waals surface area contributed by atoms with Gasteiger partial charge in [-0.2, -0.15) is 0 Å². The molecule has 5 nitrogen and oxygen atoms in total. The Bertz CT molecular complexity index is 526. The molecule has 1 aromatic carbocycles. The van der Waals surface area contributed by atoms with Gasteiger partial charge in [0.15, 0.2) is 0 Å². The normalized spacial score (nSPS) is 13.1. The third-order valence-corrected chi connectivity index (χ3v) is 5.10. The van der Waals surface area contributed by atoms with Crippen LogP contribution in [0.4, 0.5) is 0 Å². The van der Waals surface area contributed by atoms with Crippen LogP contribution in [0, 0.1) is 0 Å². The largest absolute Gasteiger partial charge is 0.493 e. The first-order valence-corrected chi connectivity index (χ1v) is 9.90. The first-order valence-electron chi connectivity index (χ1n) is 6.35. The fourth-order valence-electron chi connectivity index (χ4n) is 1.52. The molecule has 0 fully saturated rings. The van der Waals surface area contributed by atoms with E-state index in [-0.39, 0.29) is 11.5 Å². The van der Waals surface area contributed by atoms with Crippen LogP contribution in [0.3, 0.4) is 0 Å². The Labute approximate surface area is 122 Å². The van der Waals surface area contributed by atoms with Gasteiger partial charge in [0.05, 0.1) is 18.1 Å². The van der Waals surface area contributed by atoms with E-state index in [9.17, 15) is 12.6 Å². The molecule has 0 bridgehead atoms. The standard InChI is InChI=1S/C13H21NO4S2/c1-20(16,17)11-10-19(15)9-8-18-13-4-2-12(3-5-13)6-7-14/h2-5H,6-11,14H2,1H3. The van der Waals surface area contributed by atoms with Crippen LogP contribution < -0.4 is 10.5 Å². The predicted octanol–water partition coefficient (Wildman–Crippen LogP) is 0.360. The van der Waals surface area contributed by atoms with Gasteiger partial charge in [0.25, 0.3) is 0 Å². The van der Waals surface area contributed by atoms with Crippen LogP contribution in [0.5, 0.6) is 5.75 Å². The maximum absolute atomic E-state index is 11.6. The molecule has 0 aliphatic rings. The summed E-state index contributed by atoms with van der Waals surface area (Å²) in [6.07, 6.45) is 1.97. The van der Waals surface area contributed by atoms with Crippen LogP contribution in [-0.2, 0) is 27.1 Å². The lowest BCUT2D eigenvalue weighted by molar-refractivity contribution is 0.342. The van der Waals surface area contributed by atoms with Crippen LogP contribution in [-0.4, -0.2) is 49.3 Å². The quantitative estimate of drug-likeness (QED) is 0.710. The Hall–Kier alpha value is -0.920. The molecule has 1 aromatic rings. The molecule has 0 heterocycles. The molecule has 0 saturated heterocycles. The minimum absolute atomic E-state index is 0.0482. The summed E-state index contributed by atoms with van der Waals surface area (Å²) in [5, 5.41) is 0. The summed E-state index contributed by atoms with van der Waals surface area (Å²) >= 11 is 0. The van der Waals surface area contributed by atoms with E-state index >= 15 is 0 Å². The summed E-state index contributed by atoms with van der Waals surface area (Å²) in [5.74, 6) is 1.16. The monoisotopic (exact) mass is 319 g/mol. The van der Waals surface area contributed by atoms with Gasteiger partial charge in [-0.3, -0.25) is 4.21 Å². The number of hydrogen-bond acceptors (Lipinski definition) is 5. The molecular weight excluding hydrogens is 298 g/mol. The Balaban J connectivity index is 2.28. The lowest BCUT2D eigenvalue weighted by Gasteiger charge is -2.07. The Morgan fingerprint density at radius 1 is 1.20 bits per heavy atom. The van der Waals surface area contributed by atoms with Crippen molar-refractivity contribution in [2.75, 3.05) is 36.7 Å². The summed E-state index contributed by atoms with van der Waals surface area (Å²) in [6.45, 7) is 0.923. The maximum atomic E-state index is 11.6. The van der Waals surface area contributed by atoms with Gasteiger partial charge in [-0.25, -0.2) is 8.42 Å². The van der Waals surface area contributed by atoms with Crippen molar-refractivity contribution in [2.24, 2.45) is 5.73 Å². The van der Waals surface area contributed by atoms with E-state index in [2.05, 4.69) is 0 Å². The Kier molecular flexibility index (Phi) is 7.18. The van der Waals surface area contributed by atoms with Crippen molar-refractivity contribution in [1.82, 2.24) is 0 Å². The molecule has 0 spiro atoms. The Morgan fingerprint density at radius 2 is 1.85 bits per heavy atom. The van der Waals surface area contributed by atoms with E-state index in [0.717, 1.165) is 18.2 Å². The smallest absolute Gasteiger partial charge is 0.148 e. The van der Waals surface area contributed by atoms with Gasteiger partial charge in [0, 0.05) is 22.8 Å². The number of hydrogen-bond donors (Lipinski definition) is 1. The molecule has 7 heteroatoms. The number of ether oxygens (including phenoxy) is 1. The van der Waals surface area contributed by atoms with Gasteiger partial charge in [-0.15, -0.1) is 0 Å². The van der Waals surface area contributed by atoms with E-state index in [4.69, 9.17) is 10.5 Å². The third-order valence-electron chi connectivity index (χ3n) is 2.62. The summed E-state index contributed by atoms with van der Waals surface area (Å²) in [5.41, 5.74) is 6.61. The molecular formula is C13H21NO4S2. The van der Waals surface area contributed by atoms with Crippen molar-refractivity contribution in [3.05, 3.63) is 29.8 Å². The molecule has 0 aromatic heterocycles. The second-order valence-corrected chi connectivity index (χ2v) is 8.46. The van der Waals surface area contributed by atoms with Crippen LogP contribution in [0.2, 0.25) is 0 Å². The highest BCUT2D eigenvalue weighted by molar-refractivity contribution is 7.92. The zero-order chi connectivity index (χ0) is 15.0. The second kappa shape index (κ2) is 8.39. The van der Waals surface area contributed by atoms with Crippen molar-refractivity contribution in [3.8, 4) is 5.75 Å². The van der Waals surface area contributed by atoms with E-state index in [0.29, 0.717) is 24.7 Å². The van der Waals surface area contributed by atoms with E-state index in [1.54, 1.807) is 0 Å². The van der Waals surface area contributed by atoms with Crippen molar-refractivity contribution in [2.45, 2.75) is 6.42 Å². The first-order chi connectivity index (χ1) is 9.40. The summed E-state index contributed by atoms with van der Waals surface area (Å²) < 4.78 is 38.9. The highest BCUT2D eigenvalue weighted by Crippen LogP contribution is 2.12. The highest BCUT2D eigenvalue weighted by atomic mass is 32.2. The first kappa shape index (κ1) is 17.1. The molecule has 20 heavy (non-hydrogen) atoms. The van der Waals surface area contributed by atoms with Crippen LogP contribution in [0.15, 0.2) is 24.3 Å². The highest BCUT2D eigenvalue weighted by Gasteiger charge is 2.07. The van der Waals surface area contributed by atoms with Crippen molar-refractivity contribution in [3.63, 3.8) is 0 Å². The van der Waals surface area contributed by atoms with Gasteiger partial charge < -0.3 is 10.5 Å². The summed E-state index contributed by atoms with van der Waals surface area (Å²) in [4.78, 5) is 0. The third kappa shape index (κ3) is 7.62. The van der Waals surface area contributed by atoms with Gasteiger partial charge >= 0.3 is 0 Å². The molecule has 1 unspecified atom stereocenters. The van der Waals surface area contributed by atoms with Crippen LogP contribution >= 0.6 is 0 Å². The SMILES string of the molecule is CS(=O)(=O)CCS(=O)CCOc1ccc(CCN)cc1. The van der Waals surface area contributed by atoms with E-state index < -0.39 is 20.6 Å². The second-order valence-electron chi connectivity index (χ2n) is 4.51. The van der Waals surface area contributed by atoms with Gasteiger partial charge in [0.2, 0.25) is 0 Å². The maximum Gasteiger partial charge on any atom is 0.148 e. The lowest BCUT2D eigenvalue weighted by Crippen LogP contribution is -2.16. The molecule has 0 saturated carbocycles. The topological polar surface area (TPSA) is 86.5 Å². The molecule has 0 radical (unpaired) electrons. The molecule has 0 aliphatic carbocycles. The molecule has 114 valence electrons. The minimum atomic E-state index is -3.05. The summed E-state index contributed by atoms with van der Waals surface area (Å²) in [6, 6.07) is 7.60. The Morgan fingerprint density at radius 3 is 2.40 bits per heavy atom. The van der Waals surface area contributed by atoms with Crippen LogP contribution in [0.25, 0.3) is 0 Å². The van der Waals surface area contributed by atoms with Crippen molar-refractivity contribution >= 4 is 20.6 Å². The lowest BCUT2D eigenvalue weighted by atomic mass is 10.1. The van der Waals surface area contributed by atoms with Gasteiger partial charge in [-0.1, -0.05) is 12.1 Å². The number of sulfone groups is 1. The zero-order valence-electron chi connectivity index (χ0n) is 11.6. The molecule has 0 aliphatic heterocycles. The fourth-order valence-corrected chi connectivity index (χ4v) is 3.95. The number of nitrogens with two attached hydrogens (primary N) is 1. The fraction of sp³-hybridized carbons (Fsp3) is 0.538.